The lowest BCUT2D eigenvalue weighted by molar-refractivity contribution is -0.134. The van der Waals surface area contributed by atoms with Crippen LogP contribution in [0, 0.1) is 5.92 Å². The molecule has 0 spiro atoms. The molecule has 0 radical (unpaired) electrons. The third-order valence-corrected chi connectivity index (χ3v) is 5.02. The normalized spacial score (nSPS) is 17.8. The van der Waals surface area contributed by atoms with Crippen LogP contribution in [-0.2, 0) is 14.3 Å². The lowest BCUT2D eigenvalue weighted by atomic mass is 10.1. The zero-order chi connectivity index (χ0) is 23.3. The van der Waals surface area contributed by atoms with Crippen LogP contribution in [0.2, 0.25) is 5.02 Å². The minimum atomic E-state index is -1.21. The van der Waals surface area contributed by atoms with Crippen LogP contribution >= 0.6 is 11.6 Å². The van der Waals surface area contributed by atoms with Gasteiger partial charge in [0.25, 0.3) is 11.6 Å². The van der Waals surface area contributed by atoms with E-state index in [9.17, 15) is 14.7 Å². The molecule has 32 heavy (non-hydrogen) atoms. The average Bonchev–Trinajstić information content (AvgIpc) is 3.06. The summed E-state index contributed by atoms with van der Waals surface area (Å²) < 4.78 is 10.7. The number of ether oxygens (including phenoxy) is 2. The molecule has 2 N–H and O–H groups in total. The molecule has 0 aliphatic carbocycles. The Morgan fingerprint density at radius 2 is 1.88 bits per heavy atom. The van der Waals surface area contributed by atoms with E-state index in [1.54, 1.807) is 24.3 Å². The molecule has 3 rings (SSSR count). The highest BCUT2D eigenvalue weighted by molar-refractivity contribution is 6.30. The van der Waals surface area contributed by atoms with Gasteiger partial charge >= 0.3 is 12.0 Å². The van der Waals surface area contributed by atoms with Gasteiger partial charge < -0.3 is 19.9 Å². The highest BCUT2D eigenvalue weighted by Crippen LogP contribution is 2.37. The Bertz CT molecular complexity index is 1070. The predicted molar refractivity (Wildman–Crippen MR) is 122 cm³/mol. The van der Waals surface area contributed by atoms with E-state index in [1.807, 2.05) is 44.2 Å². The SMILES string of the molecule is COC1=NC(NC(=O)COc2cccc(Cl)c2)=C(C(=O)O)[N+]1(CC(C)C)c1ccccc1. The van der Waals surface area contributed by atoms with Gasteiger partial charge in [-0.05, 0) is 18.2 Å². The van der Waals surface area contributed by atoms with Crippen molar-refractivity contribution in [2.24, 2.45) is 10.9 Å². The van der Waals surface area contributed by atoms with E-state index in [2.05, 4.69) is 10.3 Å². The first kappa shape index (κ1) is 23.3. The number of amides is 1. The van der Waals surface area contributed by atoms with Gasteiger partial charge in [-0.2, -0.15) is 4.48 Å². The summed E-state index contributed by atoms with van der Waals surface area (Å²) in [5, 5.41) is 13.2. The average molecular weight is 459 g/mol. The van der Waals surface area contributed by atoms with E-state index in [0.717, 1.165) is 0 Å². The number of carbonyl (C=O) groups is 2. The number of nitrogens with zero attached hydrogens (tertiary/aromatic N) is 2. The lowest BCUT2D eigenvalue weighted by Crippen LogP contribution is -2.56. The van der Waals surface area contributed by atoms with Crippen LogP contribution < -0.4 is 14.5 Å². The van der Waals surface area contributed by atoms with Crippen LogP contribution in [0.15, 0.2) is 71.1 Å². The van der Waals surface area contributed by atoms with Gasteiger partial charge in [0.2, 0.25) is 5.82 Å². The number of aliphatic imine (C=N–C) groups is 1. The Labute approximate surface area is 191 Å². The summed E-state index contributed by atoms with van der Waals surface area (Å²) in [6.45, 7) is 3.98. The lowest BCUT2D eigenvalue weighted by Gasteiger charge is -2.33. The molecule has 1 heterocycles. The van der Waals surface area contributed by atoms with E-state index in [1.165, 1.54) is 7.11 Å². The standard InChI is InChI=1S/C23H24ClN3O5/c1-15(2)13-27(17-9-5-4-6-10-17)20(22(29)30)21(26-23(27)31-3)25-19(28)14-32-18-11-7-8-16(24)12-18/h4-12,15H,13-14H2,1-3H3,(H-,25,28,29,30)/p+1. The number of nitrogens with one attached hydrogen (secondary N) is 1. The molecule has 168 valence electrons. The Morgan fingerprint density at radius 1 is 1.16 bits per heavy atom. The van der Waals surface area contributed by atoms with Gasteiger partial charge in [0.1, 0.15) is 11.4 Å². The van der Waals surface area contributed by atoms with Crippen LogP contribution in [0.4, 0.5) is 5.69 Å². The fourth-order valence-corrected chi connectivity index (χ4v) is 3.86. The highest BCUT2D eigenvalue weighted by atomic mass is 35.5. The minimum Gasteiger partial charge on any atom is -0.484 e. The molecule has 0 saturated carbocycles. The first-order chi connectivity index (χ1) is 15.3. The fraction of sp³-hybridized carbons (Fsp3) is 0.261. The number of para-hydroxylation sites is 1. The molecule has 1 amide bonds. The third kappa shape index (κ3) is 4.76. The van der Waals surface area contributed by atoms with Crippen molar-refractivity contribution in [3.63, 3.8) is 0 Å². The summed E-state index contributed by atoms with van der Waals surface area (Å²) in [4.78, 5) is 29.4. The van der Waals surface area contributed by atoms with E-state index in [4.69, 9.17) is 21.1 Å². The van der Waals surface area contributed by atoms with Crippen molar-refractivity contribution in [2.75, 3.05) is 20.3 Å². The maximum Gasteiger partial charge on any atom is 0.411 e. The van der Waals surface area contributed by atoms with Crippen molar-refractivity contribution < 1.29 is 24.2 Å². The first-order valence-electron chi connectivity index (χ1n) is 10.0. The monoisotopic (exact) mass is 458 g/mol. The van der Waals surface area contributed by atoms with Crippen molar-refractivity contribution in [1.82, 2.24) is 9.80 Å². The molecular formula is C23H25ClN3O5+. The number of carboxylic acids is 1. The predicted octanol–water partition coefficient (Wildman–Crippen LogP) is 3.77. The molecule has 1 aliphatic rings. The van der Waals surface area contributed by atoms with Gasteiger partial charge in [-0.3, -0.25) is 4.79 Å². The van der Waals surface area contributed by atoms with Gasteiger partial charge in [0.15, 0.2) is 6.61 Å². The molecule has 0 aromatic heterocycles. The zero-order valence-electron chi connectivity index (χ0n) is 18.0. The fourth-order valence-electron chi connectivity index (χ4n) is 3.68. The molecule has 2 aromatic carbocycles. The van der Waals surface area contributed by atoms with Crippen molar-refractivity contribution in [3.05, 3.63) is 71.1 Å². The summed E-state index contributed by atoms with van der Waals surface area (Å²) in [6.07, 6.45) is 0. The van der Waals surface area contributed by atoms with Crippen molar-refractivity contribution >= 4 is 35.2 Å². The van der Waals surface area contributed by atoms with E-state index in [-0.39, 0.29) is 34.5 Å². The molecule has 2 aromatic rings. The van der Waals surface area contributed by atoms with E-state index < -0.39 is 11.9 Å². The molecule has 9 heteroatoms. The van der Waals surface area contributed by atoms with Crippen LogP contribution in [0.25, 0.3) is 0 Å². The van der Waals surface area contributed by atoms with Crippen molar-refractivity contribution in [2.45, 2.75) is 13.8 Å². The Balaban J connectivity index is 1.97. The number of quaternary nitrogens is 1. The number of halogens is 1. The quantitative estimate of drug-likeness (QED) is 0.587. The largest absolute Gasteiger partial charge is 0.484 e. The van der Waals surface area contributed by atoms with Gasteiger partial charge in [0.05, 0.1) is 13.7 Å². The van der Waals surface area contributed by atoms with Gasteiger partial charge in [-0.15, -0.1) is 4.99 Å². The number of carbonyl (C=O) groups excluding carboxylic acids is 1. The summed E-state index contributed by atoms with van der Waals surface area (Å²) in [6, 6.07) is 15.9. The molecule has 1 atom stereocenters. The molecule has 1 unspecified atom stereocenters. The second-order valence-corrected chi connectivity index (χ2v) is 8.05. The minimum absolute atomic E-state index is 0.0847. The molecule has 0 saturated heterocycles. The number of carboxylic acid groups (broad SMARTS) is 1. The van der Waals surface area contributed by atoms with Crippen molar-refractivity contribution in [3.8, 4) is 5.75 Å². The third-order valence-electron chi connectivity index (χ3n) is 4.78. The highest BCUT2D eigenvalue weighted by Gasteiger charge is 2.54. The number of hydrogen-bond donors (Lipinski definition) is 2. The Kier molecular flexibility index (Phi) is 7.17. The maximum atomic E-state index is 12.6. The summed E-state index contributed by atoms with van der Waals surface area (Å²) in [5.74, 6) is -1.35. The first-order valence-corrected chi connectivity index (χ1v) is 10.4. The smallest absolute Gasteiger partial charge is 0.411 e. The second kappa shape index (κ2) is 9.84. The van der Waals surface area contributed by atoms with Gasteiger partial charge in [-0.1, -0.05) is 49.7 Å². The molecule has 0 fully saturated rings. The Hall–Kier alpha value is -3.36. The molecule has 8 nitrogen and oxygen atoms in total. The summed E-state index contributed by atoms with van der Waals surface area (Å²) >= 11 is 5.93. The second-order valence-electron chi connectivity index (χ2n) is 7.62. The maximum absolute atomic E-state index is 12.6. The van der Waals surface area contributed by atoms with Gasteiger partial charge in [-0.25, -0.2) is 4.79 Å². The van der Waals surface area contributed by atoms with E-state index in [0.29, 0.717) is 23.0 Å². The van der Waals surface area contributed by atoms with Crippen LogP contribution in [-0.4, -0.2) is 43.3 Å². The number of aliphatic carboxylic acids is 1. The van der Waals surface area contributed by atoms with Crippen LogP contribution in [0.1, 0.15) is 13.8 Å². The van der Waals surface area contributed by atoms with E-state index >= 15 is 0 Å². The number of hydrogen-bond acceptors (Lipinski definition) is 5. The number of methoxy groups -OCH3 is 1. The van der Waals surface area contributed by atoms with Crippen molar-refractivity contribution in [1.29, 1.82) is 0 Å². The Morgan fingerprint density at radius 3 is 2.47 bits per heavy atom. The summed E-state index contributed by atoms with van der Waals surface area (Å²) in [5.41, 5.74) is 0.566. The zero-order valence-corrected chi connectivity index (χ0v) is 18.8. The topological polar surface area (TPSA) is 97.2 Å². The number of amidine groups is 1. The molecule has 1 aliphatic heterocycles. The van der Waals surface area contributed by atoms with Crippen LogP contribution in [0.5, 0.6) is 5.75 Å². The number of benzene rings is 2. The summed E-state index contributed by atoms with van der Waals surface area (Å²) in [7, 11) is 1.43. The molecule has 0 bridgehead atoms. The van der Waals surface area contributed by atoms with Gasteiger partial charge in [0, 0.05) is 23.1 Å². The number of rotatable bonds is 8. The van der Waals surface area contributed by atoms with Crippen LogP contribution in [0.3, 0.4) is 0 Å². The molecular weight excluding hydrogens is 434 g/mol.